The first-order valence-corrected chi connectivity index (χ1v) is 5.56. The molecule has 0 heterocycles. The zero-order chi connectivity index (χ0) is 13.6. The second-order valence-electron chi connectivity index (χ2n) is 3.72. The van der Waals surface area contributed by atoms with Crippen LogP contribution < -0.4 is 10.1 Å². The summed E-state index contributed by atoms with van der Waals surface area (Å²) < 4.78 is 39.4. The summed E-state index contributed by atoms with van der Waals surface area (Å²) in [4.78, 5) is 11.4. The topological polar surface area (TPSA) is 38.3 Å². The van der Waals surface area contributed by atoms with Gasteiger partial charge in [0.05, 0.1) is 0 Å². The molecule has 0 unspecified atom stereocenters. The molecule has 0 radical (unpaired) electrons. The Hall–Kier alpha value is -1.72. The molecule has 0 aliphatic rings. The van der Waals surface area contributed by atoms with E-state index < -0.39 is 6.36 Å². The molecule has 0 aliphatic heterocycles. The van der Waals surface area contributed by atoms with Crippen LogP contribution in [0.5, 0.6) is 5.75 Å². The Kier molecular flexibility index (Phi) is 5.00. The van der Waals surface area contributed by atoms with Gasteiger partial charge in [0.1, 0.15) is 5.75 Å². The molecule has 0 aromatic heterocycles. The van der Waals surface area contributed by atoms with Gasteiger partial charge in [0.25, 0.3) is 0 Å². The Morgan fingerprint density at radius 3 is 2.39 bits per heavy atom. The van der Waals surface area contributed by atoms with Crippen molar-refractivity contribution in [1.82, 2.24) is 0 Å². The van der Waals surface area contributed by atoms with Crippen molar-refractivity contribution in [1.29, 1.82) is 0 Å². The zero-order valence-electron chi connectivity index (χ0n) is 9.88. The number of ether oxygens (including phenoxy) is 1. The molecule has 0 atom stereocenters. The number of unbranched alkanes of at least 4 members (excludes halogenated alkanes) is 1. The normalized spacial score (nSPS) is 11.1. The van der Waals surface area contributed by atoms with Gasteiger partial charge in [0.2, 0.25) is 5.91 Å². The Labute approximate surface area is 103 Å². The summed E-state index contributed by atoms with van der Waals surface area (Å²) in [7, 11) is 0. The highest BCUT2D eigenvalue weighted by atomic mass is 19.4. The van der Waals surface area contributed by atoms with E-state index in [1.807, 2.05) is 6.92 Å². The first kappa shape index (κ1) is 14.3. The number of amides is 1. The second-order valence-corrected chi connectivity index (χ2v) is 3.72. The Balaban J connectivity index is 2.52. The first-order valence-electron chi connectivity index (χ1n) is 5.56. The van der Waals surface area contributed by atoms with Crippen molar-refractivity contribution in [3.63, 3.8) is 0 Å². The van der Waals surface area contributed by atoms with Gasteiger partial charge in [0, 0.05) is 12.1 Å². The molecule has 1 aromatic rings. The second kappa shape index (κ2) is 6.28. The van der Waals surface area contributed by atoms with E-state index in [1.54, 1.807) is 0 Å². The van der Waals surface area contributed by atoms with Crippen LogP contribution in [0.3, 0.4) is 0 Å². The van der Waals surface area contributed by atoms with Crippen molar-refractivity contribution in [3.05, 3.63) is 24.3 Å². The smallest absolute Gasteiger partial charge is 0.406 e. The van der Waals surface area contributed by atoms with E-state index >= 15 is 0 Å². The monoisotopic (exact) mass is 261 g/mol. The summed E-state index contributed by atoms with van der Waals surface area (Å²) in [6.07, 6.45) is -2.62. The number of carbonyl (C=O) groups excluding carboxylic acids is 1. The average molecular weight is 261 g/mol. The number of nitrogens with one attached hydrogen (secondary N) is 1. The van der Waals surface area contributed by atoms with Crippen LogP contribution >= 0.6 is 0 Å². The van der Waals surface area contributed by atoms with Gasteiger partial charge in [-0.15, -0.1) is 13.2 Å². The minimum absolute atomic E-state index is 0.152. The minimum atomic E-state index is -4.70. The van der Waals surface area contributed by atoms with Crippen molar-refractivity contribution >= 4 is 11.6 Å². The number of alkyl halides is 3. The van der Waals surface area contributed by atoms with Gasteiger partial charge in [-0.3, -0.25) is 4.79 Å². The third kappa shape index (κ3) is 5.56. The molecule has 0 spiro atoms. The SMILES string of the molecule is CCCCC(=O)Nc1ccc(OC(F)(F)F)cc1. The molecule has 1 aromatic carbocycles. The Morgan fingerprint density at radius 2 is 1.89 bits per heavy atom. The summed E-state index contributed by atoms with van der Waals surface area (Å²) in [5.41, 5.74) is 0.450. The van der Waals surface area contributed by atoms with E-state index in [0.29, 0.717) is 12.1 Å². The van der Waals surface area contributed by atoms with Crippen molar-refractivity contribution < 1.29 is 22.7 Å². The van der Waals surface area contributed by atoms with Crippen LogP contribution in [0.4, 0.5) is 18.9 Å². The van der Waals surface area contributed by atoms with Gasteiger partial charge < -0.3 is 10.1 Å². The predicted octanol–water partition coefficient (Wildman–Crippen LogP) is 3.71. The molecule has 0 saturated carbocycles. The van der Waals surface area contributed by atoms with Crippen LogP contribution in [0.2, 0.25) is 0 Å². The number of anilines is 1. The first-order chi connectivity index (χ1) is 8.40. The van der Waals surface area contributed by atoms with Gasteiger partial charge in [-0.25, -0.2) is 0 Å². The van der Waals surface area contributed by atoms with Crippen molar-refractivity contribution in [2.75, 3.05) is 5.32 Å². The van der Waals surface area contributed by atoms with E-state index in [4.69, 9.17) is 0 Å². The fourth-order valence-corrected chi connectivity index (χ4v) is 1.30. The third-order valence-corrected chi connectivity index (χ3v) is 2.13. The largest absolute Gasteiger partial charge is 0.573 e. The quantitative estimate of drug-likeness (QED) is 0.877. The molecule has 1 rings (SSSR count). The molecule has 1 amide bonds. The fourth-order valence-electron chi connectivity index (χ4n) is 1.30. The predicted molar refractivity (Wildman–Crippen MR) is 61.3 cm³/mol. The lowest BCUT2D eigenvalue weighted by Crippen LogP contribution is -2.17. The molecule has 100 valence electrons. The van der Waals surface area contributed by atoms with Crippen LogP contribution in [0, 0.1) is 0 Å². The highest BCUT2D eigenvalue weighted by Gasteiger charge is 2.30. The number of carbonyl (C=O) groups is 1. The molecule has 0 saturated heterocycles. The lowest BCUT2D eigenvalue weighted by atomic mass is 10.2. The maximum atomic E-state index is 11.9. The molecule has 1 N–H and O–H groups in total. The number of benzene rings is 1. The Morgan fingerprint density at radius 1 is 1.28 bits per heavy atom. The molecular formula is C12H14F3NO2. The average Bonchev–Trinajstić information content (AvgIpc) is 2.27. The maximum absolute atomic E-state index is 11.9. The lowest BCUT2D eigenvalue weighted by molar-refractivity contribution is -0.274. The summed E-state index contributed by atoms with van der Waals surface area (Å²) in [5.74, 6) is -0.463. The number of rotatable bonds is 5. The van der Waals surface area contributed by atoms with Crippen LogP contribution in [-0.2, 0) is 4.79 Å². The maximum Gasteiger partial charge on any atom is 0.573 e. The van der Waals surface area contributed by atoms with Crippen molar-refractivity contribution in [3.8, 4) is 5.75 Å². The highest BCUT2D eigenvalue weighted by molar-refractivity contribution is 5.90. The summed E-state index contributed by atoms with van der Waals surface area (Å²) in [5, 5.41) is 2.59. The lowest BCUT2D eigenvalue weighted by Gasteiger charge is -2.09. The minimum Gasteiger partial charge on any atom is -0.406 e. The molecule has 18 heavy (non-hydrogen) atoms. The molecule has 6 heteroatoms. The number of hydrogen-bond acceptors (Lipinski definition) is 2. The third-order valence-electron chi connectivity index (χ3n) is 2.13. The van der Waals surface area contributed by atoms with E-state index in [0.717, 1.165) is 25.0 Å². The van der Waals surface area contributed by atoms with Gasteiger partial charge in [0.15, 0.2) is 0 Å². The van der Waals surface area contributed by atoms with E-state index in [9.17, 15) is 18.0 Å². The van der Waals surface area contributed by atoms with E-state index in [1.165, 1.54) is 12.1 Å². The number of halogens is 3. The van der Waals surface area contributed by atoms with E-state index in [2.05, 4.69) is 10.1 Å². The standard InChI is InChI=1S/C12H14F3NO2/c1-2-3-4-11(17)16-9-5-7-10(8-6-9)18-12(13,14)15/h5-8H,2-4H2,1H3,(H,16,17). The van der Waals surface area contributed by atoms with E-state index in [-0.39, 0.29) is 11.7 Å². The molecule has 0 bridgehead atoms. The Bertz CT molecular complexity index is 387. The van der Waals surface area contributed by atoms with Crippen LogP contribution in [0.1, 0.15) is 26.2 Å². The zero-order valence-corrected chi connectivity index (χ0v) is 9.88. The van der Waals surface area contributed by atoms with Crippen LogP contribution in [0.25, 0.3) is 0 Å². The number of hydrogen-bond donors (Lipinski definition) is 1. The van der Waals surface area contributed by atoms with Crippen LogP contribution in [0.15, 0.2) is 24.3 Å². The molecule has 0 aliphatic carbocycles. The summed E-state index contributed by atoms with van der Waals surface area (Å²) in [6.45, 7) is 1.97. The highest BCUT2D eigenvalue weighted by Crippen LogP contribution is 2.23. The summed E-state index contributed by atoms with van der Waals surface area (Å²) >= 11 is 0. The molecule has 3 nitrogen and oxygen atoms in total. The molecule has 0 fully saturated rings. The van der Waals surface area contributed by atoms with Gasteiger partial charge in [-0.2, -0.15) is 0 Å². The fraction of sp³-hybridized carbons (Fsp3) is 0.417. The van der Waals surface area contributed by atoms with Gasteiger partial charge >= 0.3 is 6.36 Å². The van der Waals surface area contributed by atoms with Gasteiger partial charge in [-0.1, -0.05) is 13.3 Å². The van der Waals surface area contributed by atoms with Crippen molar-refractivity contribution in [2.24, 2.45) is 0 Å². The summed E-state index contributed by atoms with van der Waals surface area (Å²) in [6, 6.07) is 5.04. The molecular weight excluding hydrogens is 247 g/mol. The van der Waals surface area contributed by atoms with Crippen LogP contribution in [-0.4, -0.2) is 12.3 Å². The van der Waals surface area contributed by atoms with Crippen molar-refractivity contribution in [2.45, 2.75) is 32.5 Å². The van der Waals surface area contributed by atoms with Gasteiger partial charge in [-0.05, 0) is 30.7 Å².